The monoisotopic (exact) mass is 464 g/mol. The highest BCUT2D eigenvalue weighted by molar-refractivity contribution is 6.30. The van der Waals surface area contributed by atoms with Crippen LogP contribution < -0.4 is 9.47 Å². The van der Waals surface area contributed by atoms with Crippen LogP contribution >= 0.6 is 11.6 Å². The maximum absolute atomic E-state index is 13.8. The van der Waals surface area contributed by atoms with Crippen LogP contribution in [0.2, 0.25) is 5.02 Å². The van der Waals surface area contributed by atoms with Crippen molar-refractivity contribution in [3.05, 3.63) is 89.1 Å². The molecule has 4 aromatic rings. The van der Waals surface area contributed by atoms with E-state index in [-0.39, 0.29) is 24.2 Å². The van der Waals surface area contributed by atoms with Crippen molar-refractivity contribution >= 4 is 17.5 Å². The summed E-state index contributed by atoms with van der Waals surface area (Å²) in [5.74, 6) is 0.757. The molecule has 0 spiro atoms. The molecule has 1 aliphatic rings. The number of benzene rings is 2. The second kappa shape index (κ2) is 8.55. The Labute approximate surface area is 194 Å². The molecule has 0 atom stereocenters. The fourth-order valence-corrected chi connectivity index (χ4v) is 3.66. The van der Waals surface area contributed by atoms with Gasteiger partial charge in [0.15, 0.2) is 6.73 Å². The quantitative estimate of drug-likeness (QED) is 0.413. The first-order chi connectivity index (χ1) is 16.0. The van der Waals surface area contributed by atoms with Crippen LogP contribution in [0.25, 0.3) is 11.3 Å². The molecule has 166 valence electrons. The van der Waals surface area contributed by atoms with Crippen LogP contribution in [0, 0.1) is 5.82 Å². The van der Waals surface area contributed by atoms with Crippen LogP contribution in [0.5, 0.6) is 17.2 Å². The zero-order chi connectivity index (χ0) is 22.9. The van der Waals surface area contributed by atoms with E-state index in [4.69, 9.17) is 21.1 Å². The number of aryl methyl sites for hydroxylation is 1. The van der Waals surface area contributed by atoms with E-state index in [9.17, 15) is 9.18 Å². The van der Waals surface area contributed by atoms with Crippen molar-refractivity contribution in [2.75, 3.05) is 6.73 Å². The van der Waals surface area contributed by atoms with Crippen molar-refractivity contribution in [1.29, 1.82) is 0 Å². The standard InChI is InChI=1S/C24H18ClFN4O3/c1-29-13-16(11-28-29)22-10-18(6-7-27-22)33-17-3-5-23-19(9-17)24(31)30(14-32-23)12-15-2-4-20(25)21(26)8-15/h2-11,13H,12,14H2,1H3. The summed E-state index contributed by atoms with van der Waals surface area (Å²) in [4.78, 5) is 18.9. The Hall–Kier alpha value is -3.91. The molecule has 0 unspecified atom stereocenters. The van der Waals surface area contributed by atoms with Crippen molar-refractivity contribution in [3.63, 3.8) is 0 Å². The Bertz CT molecular complexity index is 1360. The minimum Gasteiger partial charge on any atom is -0.472 e. The Morgan fingerprint density at radius 1 is 1.15 bits per heavy atom. The van der Waals surface area contributed by atoms with Crippen LogP contribution in [0.1, 0.15) is 15.9 Å². The third kappa shape index (κ3) is 4.38. The van der Waals surface area contributed by atoms with Gasteiger partial charge in [-0.05, 0) is 42.0 Å². The number of hydrogen-bond donors (Lipinski definition) is 0. The van der Waals surface area contributed by atoms with Crippen molar-refractivity contribution in [2.45, 2.75) is 6.54 Å². The fourth-order valence-electron chi connectivity index (χ4n) is 3.54. The number of amides is 1. The van der Waals surface area contributed by atoms with Crippen LogP contribution in [0.3, 0.4) is 0 Å². The lowest BCUT2D eigenvalue weighted by molar-refractivity contribution is 0.0497. The highest BCUT2D eigenvalue weighted by Crippen LogP contribution is 2.32. The number of halogens is 2. The molecule has 7 nitrogen and oxygen atoms in total. The highest BCUT2D eigenvalue weighted by atomic mass is 35.5. The zero-order valence-corrected chi connectivity index (χ0v) is 18.3. The maximum atomic E-state index is 13.8. The topological polar surface area (TPSA) is 69.5 Å². The summed E-state index contributed by atoms with van der Waals surface area (Å²) in [6, 6.07) is 13.1. The van der Waals surface area contributed by atoms with Crippen molar-refractivity contribution in [2.24, 2.45) is 7.05 Å². The number of rotatable bonds is 5. The second-order valence-corrected chi connectivity index (χ2v) is 7.97. The molecular formula is C24H18ClFN4O3. The van der Waals surface area contributed by atoms with Gasteiger partial charge in [0.05, 0.1) is 22.5 Å². The van der Waals surface area contributed by atoms with Gasteiger partial charge in [0, 0.05) is 37.6 Å². The minimum absolute atomic E-state index is 0.0369. The molecule has 0 aliphatic carbocycles. The fraction of sp³-hybridized carbons (Fsp3) is 0.125. The van der Waals surface area contributed by atoms with Gasteiger partial charge in [-0.1, -0.05) is 17.7 Å². The molecule has 33 heavy (non-hydrogen) atoms. The van der Waals surface area contributed by atoms with Gasteiger partial charge >= 0.3 is 0 Å². The van der Waals surface area contributed by atoms with Gasteiger partial charge in [-0.3, -0.25) is 14.5 Å². The first-order valence-electron chi connectivity index (χ1n) is 10.1. The number of nitrogens with zero attached hydrogens (tertiary/aromatic N) is 4. The summed E-state index contributed by atoms with van der Waals surface area (Å²) in [6.45, 7) is 0.255. The summed E-state index contributed by atoms with van der Waals surface area (Å²) < 4.78 is 27.2. The van der Waals surface area contributed by atoms with E-state index in [0.717, 1.165) is 11.3 Å². The van der Waals surface area contributed by atoms with Crippen LogP contribution in [0.4, 0.5) is 4.39 Å². The van der Waals surface area contributed by atoms with Gasteiger partial charge < -0.3 is 14.4 Å². The van der Waals surface area contributed by atoms with Crippen LogP contribution in [0.15, 0.2) is 67.1 Å². The van der Waals surface area contributed by atoms with Gasteiger partial charge in [0.25, 0.3) is 5.91 Å². The van der Waals surface area contributed by atoms with Gasteiger partial charge in [0.1, 0.15) is 23.1 Å². The molecule has 0 saturated heterocycles. The van der Waals surface area contributed by atoms with E-state index >= 15 is 0 Å². The van der Waals surface area contributed by atoms with Crippen molar-refractivity contribution in [3.8, 4) is 28.5 Å². The lowest BCUT2D eigenvalue weighted by atomic mass is 10.1. The van der Waals surface area contributed by atoms with Gasteiger partial charge in [-0.25, -0.2) is 4.39 Å². The van der Waals surface area contributed by atoms with E-state index in [1.165, 1.54) is 17.0 Å². The Balaban J connectivity index is 1.35. The third-order valence-electron chi connectivity index (χ3n) is 5.17. The molecule has 0 radical (unpaired) electrons. The van der Waals surface area contributed by atoms with Crippen LogP contribution in [-0.2, 0) is 13.6 Å². The lowest BCUT2D eigenvalue weighted by Gasteiger charge is -2.29. The Morgan fingerprint density at radius 2 is 2.00 bits per heavy atom. The average molecular weight is 465 g/mol. The largest absolute Gasteiger partial charge is 0.472 e. The molecule has 3 heterocycles. The molecule has 9 heteroatoms. The van der Waals surface area contributed by atoms with E-state index in [1.807, 2.05) is 13.2 Å². The molecule has 1 amide bonds. The summed E-state index contributed by atoms with van der Waals surface area (Å²) in [5.41, 5.74) is 2.57. The van der Waals surface area contributed by atoms with E-state index < -0.39 is 5.82 Å². The van der Waals surface area contributed by atoms with Crippen molar-refractivity contribution in [1.82, 2.24) is 19.7 Å². The number of ether oxygens (including phenoxy) is 2. The molecule has 0 bridgehead atoms. The number of carbonyl (C=O) groups is 1. The average Bonchev–Trinajstić information content (AvgIpc) is 3.25. The lowest BCUT2D eigenvalue weighted by Crippen LogP contribution is -2.38. The first kappa shape index (κ1) is 21.0. The van der Waals surface area contributed by atoms with Gasteiger partial charge in [-0.15, -0.1) is 0 Å². The Morgan fingerprint density at radius 3 is 2.79 bits per heavy atom. The molecular weight excluding hydrogens is 447 g/mol. The molecule has 0 saturated carbocycles. The van der Waals surface area contributed by atoms with Crippen LogP contribution in [-0.4, -0.2) is 32.3 Å². The molecule has 5 rings (SSSR count). The number of aromatic nitrogens is 3. The number of pyridine rings is 1. The van der Waals surface area contributed by atoms with Crippen molar-refractivity contribution < 1.29 is 18.7 Å². The highest BCUT2D eigenvalue weighted by Gasteiger charge is 2.26. The summed E-state index contributed by atoms with van der Waals surface area (Å²) in [6.07, 6.45) is 5.24. The summed E-state index contributed by atoms with van der Waals surface area (Å²) in [5, 5.41) is 4.20. The van der Waals surface area contributed by atoms with E-state index in [2.05, 4.69) is 10.1 Å². The van der Waals surface area contributed by atoms with E-state index in [0.29, 0.717) is 28.4 Å². The molecule has 2 aromatic heterocycles. The minimum atomic E-state index is -0.529. The smallest absolute Gasteiger partial charge is 0.260 e. The molecule has 0 fully saturated rings. The molecule has 1 aliphatic heterocycles. The third-order valence-corrected chi connectivity index (χ3v) is 5.48. The number of carbonyl (C=O) groups excluding carboxylic acids is 1. The summed E-state index contributed by atoms with van der Waals surface area (Å²) >= 11 is 5.75. The predicted molar refractivity (Wildman–Crippen MR) is 120 cm³/mol. The SMILES string of the molecule is Cn1cc(-c2cc(Oc3ccc4c(c3)C(=O)N(Cc3ccc(Cl)c(F)c3)CO4)ccn2)cn1. The van der Waals surface area contributed by atoms with Gasteiger partial charge in [0.2, 0.25) is 0 Å². The second-order valence-electron chi connectivity index (χ2n) is 7.56. The van der Waals surface area contributed by atoms with E-state index in [1.54, 1.807) is 53.5 Å². The normalized spacial score (nSPS) is 12.9. The molecule has 0 N–H and O–H groups in total. The van der Waals surface area contributed by atoms with Gasteiger partial charge in [-0.2, -0.15) is 5.10 Å². The maximum Gasteiger partial charge on any atom is 0.260 e. The zero-order valence-electron chi connectivity index (χ0n) is 17.5. The predicted octanol–water partition coefficient (Wildman–Crippen LogP) is 5.06. The summed E-state index contributed by atoms with van der Waals surface area (Å²) in [7, 11) is 1.84. The Kier molecular flexibility index (Phi) is 5.43. The first-order valence-corrected chi connectivity index (χ1v) is 10.5. The number of hydrogen-bond acceptors (Lipinski definition) is 5. The number of fused-ring (bicyclic) bond motifs is 1. The molecule has 2 aromatic carbocycles.